The molecule has 0 spiro atoms. The third-order valence-electron chi connectivity index (χ3n) is 2.21. The molecule has 3 heteroatoms. The van der Waals surface area contributed by atoms with Crippen molar-refractivity contribution >= 4 is 29.7 Å². The first-order valence-electron chi connectivity index (χ1n) is 4.55. The van der Waals surface area contributed by atoms with E-state index in [1.807, 2.05) is 30.3 Å². The lowest BCUT2D eigenvalue weighted by atomic mass is 10.1. The number of ketones is 1. The number of Topliss-reactive ketones (excluding diaryl/α,β-unsaturated/α-hetero) is 1. The van der Waals surface area contributed by atoms with Gasteiger partial charge in [-0.05, 0) is 29.5 Å². The standard InChI is InChI=1S/C12H10OS2/c1-8(13)9-2-4-10(5-3-9)11-6-12(14)15-7-11/h2-7,14H,1H3. The van der Waals surface area contributed by atoms with Gasteiger partial charge in [0, 0.05) is 5.56 Å². The average Bonchev–Trinajstić information content (AvgIpc) is 2.65. The molecule has 1 aromatic heterocycles. The smallest absolute Gasteiger partial charge is 0.159 e. The summed E-state index contributed by atoms with van der Waals surface area (Å²) >= 11 is 5.88. The Balaban J connectivity index is 2.35. The van der Waals surface area contributed by atoms with Crippen molar-refractivity contribution in [1.82, 2.24) is 0 Å². The van der Waals surface area contributed by atoms with Crippen LogP contribution in [0.4, 0.5) is 0 Å². The second-order valence-electron chi connectivity index (χ2n) is 3.31. The summed E-state index contributed by atoms with van der Waals surface area (Å²) in [6.07, 6.45) is 0. The summed E-state index contributed by atoms with van der Waals surface area (Å²) in [5.74, 6) is 0.0988. The molecule has 1 nitrogen and oxygen atoms in total. The fourth-order valence-electron chi connectivity index (χ4n) is 1.37. The van der Waals surface area contributed by atoms with Crippen molar-refractivity contribution < 1.29 is 4.79 Å². The number of carbonyl (C=O) groups excluding carboxylic acids is 1. The molecule has 0 fully saturated rings. The van der Waals surface area contributed by atoms with Gasteiger partial charge in [0.1, 0.15) is 0 Å². The molecule has 0 atom stereocenters. The van der Waals surface area contributed by atoms with Gasteiger partial charge in [-0.25, -0.2) is 0 Å². The molecule has 1 heterocycles. The molecule has 15 heavy (non-hydrogen) atoms. The molecule has 0 saturated carbocycles. The van der Waals surface area contributed by atoms with Gasteiger partial charge in [-0.15, -0.1) is 24.0 Å². The van der Waals surface area contributed by atoms with Gasteiger partial charge >= 0.3 is 0 Å². The van der Waals surface area contributed by atoms with Crippen molar-refractivity contribution in [3.05, 3.63) is 41.3 Å². The van der Waals surface area contributed by atoms with Gasteiger partial charge in [0.05, 0.1) is 4.21 Å². The minimum absolute atomic E-state index is 0.0988. The molecular weight excluding hydrogens is 224 g/mol. The van der Waals surface area contributed by atoms with Crippen LogP contribution in [0.3, 0.4) is 0 Å². The number of thiophene rings is 1. The molecule has 2 rings (SSSR count). The van der Waals surface area contributed by atoms with Gasteiger partial charge in [0.25, 0.3) is 0 Å². The van der Waals surface area contributed by atoms with Crippen LogP contribution in [0, 0.1) is 0 Å². The lowest BCUT2D eigenvalue weighted by Crippen LogP contribution is -1.90. The fraction of sp³-hybridized carbons (Fsp3) is 0.0833. The Kier molecular flexibility index (Phi) is 2.93. The van der Waals surface area contributed by atoms with Gasteiger partial charge in [0.15, 0.2) is 5.78 Å². The van der Waals surface area contributed by atoms with Gasteiger partial charge in [0.2, 0.25) is 0 Å². The summed E-state index contributed by atoms with van der Waals surface area (Å²) < 4.78 is 1.00. The second kappa shape index (κ2) is 4.21. The largest absolute Gasteiger partial charge is 0.295 e. The summed E-state index contributed by atoms with van der Waals surface area (Å²) in [5.41, 5.74) is 3.02. The van der Waals surface area contributed by atoms with E-state index in [0.717, 1.165) is 20.9 Å². The Hall–Kier alpha value is -1.06. The Labute approximate surface area is 98.2 Å². The van der Waals surface area contributed by atoms with Crippen molar-refractivity contribution in [2.45, 2.75) is 11.1 Å². The van der Waals surface area contributed by atoms with Crippen LogP contribution < -0.4 is 0 Å². The molecule has 1 aromatic carbocycles. The maximum atomic E-state index is 11.1. The molecule has 76 valence electrons. The highest BCUT2D eigenvalue weighted by molar-refractivity contribution is 7.82. The summed E-state index contributed by atoms with van der Waals surface area (Å²) in [5, 5.41) is 2.06. The van der Waals surface area contributed by atoms with E-state index in [1.165, 1.54) is 0 Å². The van der Waals surface area contributed by atoms with E-state index in [1.54, 1.807) is 18.3 Å². The van der Waals surface area contributed by atoms with E-state index in [0.29, 0.717) is 0 Å². The summed E-state index contributed by atoms with van der Waals surface area (Å²) in [6, 6.07) is 9.66. The number of hydrogen-bond acceptors (Lipinski definition) is 3. The molecule has 0 unspecified atom stereocenters. The van der Waals surface area contributed by atoms with Crippen LogP contribution in [-0.2, 0) is 0 Å². The Morgan fingerprint density at radius 3 is 2.33 bits per heavy atom. The van der Waals surface area contributed by atoms with Crippen LogP contribution in [-0.4, -0.2) is 5.78 Å². The van der Waals surface area contributed by atoms with Crippen molar-refractivity contribution in [3.63, 3.8) is 0 Å². The highest BCUT2D eigenvalue weighted by atomic mass is 32.2. The third-order valence-corrected chi connectivity index (χ3v) is 3.39. The second-order valence-corrected chi connectivity index (χ2v) is 5.00. The first-order valence-corrected chi connectivity index (χ1v) is 5.88. The minimum atomic E-state index is 0.0988. The van der Waals surface area contributed by atoms with Crippen molar-refractivity contribution in [3.8, 4) is 11.1 Å². The van der Waals surface area contributed by atoms with E-state index in [9.17, 15) is 4.79 Å². The maximum Gasteiger partial charge on any atom is 0.159 e. The molecular formula is C12H10OS2. The van der Waals surface area contributed by atoms with E-state index in [-0.39, 0.29) is 5.78 Å². The molecule has 0 aliphatic carbocycles. The molecule has 0 aliphatic rings. The highest BCUT2D eigenvalue weighted by Gasteiger charge is 2.02. The SMILES string of the molecule is CC(=O)c1ccc(-c2csc(S)c2)cc1. The first kappa shape index (κ1) is 10.5. The third kappa shape index (κ3) is 2.30. The summed E-state index contributed by atoms with van der Waals surface area (Å²) in [4.78, 5) is 11.1. The lowest BCUT2D eigenvalue weighted by Gasteiger charge is -1.99. The van der Waals surface area contributed by atoms with Crippen molar-refractivity contribution in [2.75, 3.05) is 0 Å². The van der Waals surface area contributed by atoms with Crippen LogP contribution in [0.1, 0.15) is 17.3 Å². The lowest BCUT2D eigenvalue weighted by molar-refractivity contribution is 0.101. The van der Waals surface area contributed by atoms with Crippen LogP contribution in [0.5, 0.6) is 0 Å². The van der Waals surface area contributed by atoms with E-state index >= 15 is 0 Å². The Morgan fingerprint density at radius 1 is 1.20 bits per heavy atom. The highest BCUT2D eigenvalue weighted by Crippen LogP contribution is 2.27. The predicted octanol–water partition coefficient (Wildman–Crippen LogP) is 3.91. The van der Waals surface area contributed by atoms with E-state index < -0.39 is 0 Å². The molecule has 0 amide bonds. The van der Waals surface area contributed by atoms with Gasteiger partial charge in [-0.1, -0.05) is 24.3 Å². The van der Waals surface area contributed by atoms with E-state index in [2.05, 4.69) is 18.0 Å². The van der Waals surface area contributed by atoms with Crippen molar-refractivity contribution in [2.24, 2.45) is 0 Å². The molecule has 0 aliphatic heterocycles. The predicted molar refractivity (Wildman–Crippen MR) is 67.0 cm³/mol. The molecule has 0 N–H and O–H groups in total. The quantitative estimate of drug-likeness (QED) is 0.616. The number of hydrogen-bond donors (Lipinski definition) is 1. The fourth-order valence-corrected chi connectivity index (χ4v) is 2.32. The van der Waals surface area contributed by atoms with Crippen LogP contribution in [0.25, 0.3) is 11.1 Å². The Bertz CT molecular complexity index is 483. The molecule has 2 aromatic rings. The van der Waals surface area contributed by atoms with Gasteiger partial charge in [-0.3, -0.25) is 4.79 Å². The van der Waals surface area contributed by atoms with Crippen LogP contribution in [0.15, 0.2) is 39.9 Å². The topological polar surface area (TPSA) is 17.1 Å². The number of rotatable bonds is 2. The van der Waals surface area contributed by atoms with E-state index in [4.69, 9.17) is 0 Å². The van der Waals surface area contributed by atoms with Crippen LogP contribution >= 0.6 is 24.0 Å². The zero-order chi connectivity index (χ0) is 10.8. The average molecular weight is 234 g/mol. The zero-order valence-corrected chi connectivity index (χ0v) is 9.94. The summed E-state index contributed by atoms with van der Waals surface area (Å²) in [7, 11) is 0. The normalized spacial score (nSPS) is 10.3. The Morgan fingerprint density at radius 2 is 1.87 bits per heavy atom. The first-order chi connectivity index (χ1) is 7.16. The molecule has 0 saturated heterocycles. The van der Waals surface area contributed by atoms with Crippen LogP contribution in [0.2, 0.25) is 0 Å². The van der Waals surface area contributed by atoms with Gasteiger partial charge in [-0.2, -0.15) is 0 Å². The van der Waals surface area contributed by atoms with Crippen molar-refractivity contribution in [1.29, 1.82) is 0 Å². The minimum Gasteiger partial charge on any atom is -0.295 e. The number of thiol groups is 1. The molecule has 0 radical (unpaired) electrons. The monoisotopic (exact) mass is 234 g/mol. The number of carbonyl (C=O) groups is 1. The molecule has 0 bridgehead atoms. The zero-order valence-electron chi connectivity index (χ0n) is 8.23. The van der Waals surface area contributed by atoms with Gasteiger partial charge < -0.3 is 0 Å². The maximum absolute atomic E-state index is 11.1. The summed E-state index contributed by atoms with van der Waals surface area (Å²) in [6.45, 7) is 1.57. The number of benzene rings is 1.